The van der Waals surface area contributed by atoms with Crippen molar-refractivity contribution in [2.45, 2.75) is 38.5 Å². The van der Waals surface area contributed by atoms with Gasteiger partial charge in [-0.05, 0) is 36.8 Å². The quantitative estimate of drug-likeness (QED) is 0.619. The highest BCUT2D eigenvalue weighted by Gasteiger charge is 2.09. The van der Waals surface area contributed by atoms with Gasteiger partial charge in [-0.1, -0.05) is 24.4 Å². The number of hydrogen-bond acceptors (Lipinski definition) is 1. The Hall–Kier alpha value is -0.560. The summed E-state index contributed by atoms with van der Waals surface area (Å²) < 4.78 is 0. The molecular formula is C11H14ClN. The van der Waals surface area contributed by atoms with Crippen LogP contribution in [0.3, 0.4) is 0 Å². The van der Waals surface area contributed by atoms with E-state index in [2.05, 4.69) is 4.98 Å². The van der Waals surface area contributed by atoms with Gasteiger partial charge in [0.2, 0.25) is 0 Å². The monoisotopic (exact) mass is 195 g/mol. The molecule has 70 valence electrons. The predicted molar refractivity (Wildman–Crippen MR) is 55.1 cm³/mol. The van der Waals surface area contributed by atoms with Gasteiger partial charge in [-0.15, -0.1) is 0 Å². The van der Waals surface area contributed by atoms with E-state index in [1.165, 1.54) is 36.8 Å². The van der Waals surface area contributed by atoms with Crippen molar-refractivity contribution in [3.8, 4) is 0 Å². The van der Waals surface area contributed by atoms with E-state index in [1.54, 1.807) is 6.20 Å². The molecule has 0 atom stereocenters. The maximum Gasteiger partial charge on any atom is 0.0624 e. The lowest BCUT2D eigenvalue weighted by molar-refractivity contribution is 0.615. The molecule has 1 aliphatic carbocycles. The Morgan fingerprint density at radius 1 is 1.00 bits per heavy atom. The van der Waals surface area contributed by atoms with Crippen LogP contribution in [0.5, 0.6) is 0 Å². The molecule has 13 heavy (non-hydrogen) atoms. The molecule has 1 aromatic rings. The summed E-state index contributed by atoms with van der Waals surface area (Å²) in [7, 11) is 0. The third kappa shape index (κ3) is 2.02. The first-order chi connectivity index (χ1) is 6.38. The minimum Gasteiger partial charge on any atom is -0.263 e. The average molecular weight is 196 g/mol. The number of rotatable bonds is 0. The lowest BCUT2D eigenvalue weighted by Crippen LogP contribution is -2.01. The summed E-state index contributed by atoms with van der Waals surface area (Å²) in [4.78, 5) is 4.14. The molecule has 1 heterocycles. The average Bonchev–Trinajstić information content (AvgIpc) is 2.07. The van der Waals surface area contributed by atoms with Crippen molar-refractivity contribution in [1.29, 1.82) is 0 Å². The highest BCUT2D eigenvalue weighted by molar-refractivity contribution is 6.31. The van der Waals surface area contributed by atoms with Gasteiger partial charge in [-0.3, -0.25) is 4.98 Å². The van der Waals surface area contributed by atoms with Crippen molar-refractivity contribution < 1.29 is 0 Å². The summed E-state index contributed by atoms with van der Waals surface area (Å²) in [5.41, 5.74) is 2.71. The zero-order chi connectivity index (χ0) is 9.10. The molecule has 0 N–H and O–H groups in total. The molecule has 0 unspecified atom stereocenters. The summed E-state index contributed by atoms with van der Waals surface area (Å²) in [5.74, 6) is 0. The topological polar surface area (TPSA) is 12.9 Å². The van der Waals surface area contributed by atoms with E-state index in [0.29, 0.717) is 0 Å². The van der Waals surface area contributed by atoms with Gasteiger partial charge in [-0.25, -0.2) is 0 Å². The van der Waals surface area contributed by atoms with Crippen molar-refractivity contribution in [1.82, 2.24) is 4.98 Å². The molecule has 0 bridgehead atoms. The Morgan fingerprint density at radius 2 is 1.77 bits per heavy atom. The van der Waals surface area contributed by atoms with Crippen molar-refractivity contribution in [2.75, 3.05) is 0 Å². The van der Waals surface area contributed by atoms with Crippen LogP contribution in [0.2, 0.25) is 5.02 Å². The van der Waals surface area contributed by atoms with E-state index in [4.69, 9.17) is 11.6 Å². The molecule has 0 fully saturated rings. The van der Waals surface area contributed by atoms with Gasteiger partial charge in [0.1, 0.15) is 0 Å². The van der Waals surface area contributed by atoms with Gasteiger partial charge in [0.15, 0.2) is 0 Å². The fourth-order valence-electron chi connectivity index (χ4n) is 1.97. The first kappa shape index (κ1) is 9.01. The summed E-state index contributed by atoms with van der Waals surface area (Å²) in [6.07, 6.45) is 11.3. The van der Waals surface area contributed by atoms with Crippen LogP contribution in [0, 0.1) is 0 Å². The second-order valence-electron chi connectivity index (χ2n) is 3.67. The Labute approximate surface area is 84.1 Å². The molecule has 1 nitrogen and oxygen atoms in total. The van der Waals surface area contributed by atoms with Gasteiger partial charge < -0.3 is 0 Å². The van der Waals surface area contributed by atoms with Crippen LogP contribution in [0.4, 0.5) is 0 Å². The predicted octanol–water partition coefficient (Wildman–Crippen LogP) is 3.39. The van der Waals surface area contributed by atoms with Crippen LogP contribution < -0.4 is 0 Å². The van der Waals surface area contributed by atoms with Crippen molar-refractivity contribution >= 4 is 11.6 Å². The van der Waals surface area contributed by atoms with E-state index in [9.17, 15) is 0 Å². The fraction of sp³-hybridized carbons (Fsp3) is 0.545. The number of pyridine rings is 1. The van der Waals surface area contributed by atoms with E-state index in [-0.39, 0.29) is 0 Å². The van der Waals surface area contributed by atoms with E-state index < -0.39 is 0 Å². The Kier molecular flexibility index (Phi) is 2.84. The molecule has 2 rings (SSSR count). The summed E-state index contributed by atoms with van der Waals surface area (Å²) in [5, 5.41) is 0.861. The van der Waals surface area contributed by atoms with Crippen molar-refractivity contribution in [2.24, 2.45) is 0 Å². The van der Waals surface area contributed by atoms with Crippen LogP contribution in [-0.2, 0) is 12.8 Å². The maximum absolute atomic E-state index is 6.11. The molecule has 0 spiro atoms. The normalized spacial score (nSPS) is 17.3. The minimum absolute atomic E-state index is 0.861. The molecule has 1 aromatic heterocycles. The molecule has 0 saturated heterocycles. The molecule has 0 aromatic carbocycles. The number of fused-ring (bicyclic) bond motifs is 1. The Balaban J connectivity index is 2.33. The molecule has 0 amide bonds. The molecule has 0 aliphatic heterocycles. The number of aryl methyl sites for hydroxylation is 1. The minimum atomic E-state index is 0.861. The molecule has 2 heteroatoms. The molecule has 0 saturated carbocycles. The zero-order valence-electron chi connectivity index (χ0n) is 7.72. The van der Waals surface area contributed by atoms with Crippen molar-refractivity contribution in [3.05, 3.63) is 28.5 Å². The number of halogens is 1. The largest absolute Gasteiger partial charge is 0.263 e. The second kappa shape index (κ2) is 4.10. The third-order valence-corrected chi connectivity index (χ3v) is 3.04. The molecular weight excluding hydrogens is 182 g/mol. The zero-order valence-corrected chi connectivity index (χ0v) is 8.48. The van der Waals surface area contributed by atoms with Crippen molar-refractivity contribution in [3.63, 3.8) is 0 Å². The number of nitrogens with zero attached hydrogens (tertiary/aromatic N) is 1. The van der Waals surface area contributed by atoms with Crippen LogP contribution >= 0.6 is 11.6 Å². The summed E-state index contributed by atoms with van der Waals surface area (Å²) in [6.45, 7) is 0. The summed E-state index contributed by atoms with van der Waals surface area (Å²) in [6, 6.07) is 0. The van der Waals surface area contributed by atoms with Gasteiger partial charge in [0, 0.05) is 12.4 Å². The smallest absolute Gasteiger partial charge is 0.0624 e. The standard InChI is InChI=1S/C11H14ClN/c12-11-8-13-7-9-5-3-1-2-4-6-10(9)11/h7-8H,1-6H2. The third-order valence-electron chi connectivity index (χ3n) is 2.72. The lowest BCUT2D eigenvalue weighted by atomic mass is 9.95. The fourth-order valence-corrected chi connectivity index (χ4v) is 2.24. The first-order valence-corrected chi connectivity index (χ1v) is 5.37. The maximum atomic E-state index is 6.11. The van der Waals surface area contributed by atoms with E-state index in [0.717, 1.165) is 17.9 Å². The molecule has 0 radical (unpaired) electrons. The van der Waals surface area contributed by atoms with Gasteiger partial charge in [-0.2, -0.15) is 0 Å². The van der Waals surface area contributed by atoms with E-state index >= 15 is 0 Å². The Bertz CT molecular complexity index is 296. The first-order valence-electron chi connectivity index (χ1n) is 4.99. The second-order valence-corrected chi connectivity index (χ2v) is 4.08. The lowest BCUT2D eigenvalue weighted by Gasteiger charge is -2.13. The van der Waals surface area contributed by atoms with Gasteiger partial charge >= 0.3 is 0 Å². The van der Waals surface area contributed by atoms with Crippen LogP contribution in [0.25, 0.3) is 0 Å². The number of aromatic nitrogens is 1. The van der Waals surface area contributed by atoms with Crippen LogP contribution in [0.15, 0.2) is 12.4 Å². The number of hydrogen-bond donors (Lipinski definition) is 0. The highest BCUT2D eigenvalue weighted by atomic mass is 35.5. The molecule has 1 aliphatic rings. The highest BCUT2D eigenvalue weighted by Crippen LogP contribution is 2.25. The Morgan fingerprint density at radius 3 is 2.62 bits per heavy atom. The van der Waals surface area contributed by atoms with Crippen LogP contribution in [0.1, 0.15) is 36.8 Å². The van der Waals surface area contributed by atoms with E-state index in [1.807, 2.05) is 6.20 Å². The van der Waals surface area contributed by atoms with Gasteiger partial charge in [0.05, 0.1) is 5.02 Å². The van der Waals surface area contributed by atoms with Gasteiger partial charge in [0.25, 0.3) is 0 Å². The SMILES string of the molecule is Clc1cncc2c1CCCCCC2. The van der Waals surface area contributed by atoms with Crippen LogP contribution in [-0.4, -0.2) is 4.98 Å². The summed E-state index contributed by atoms with van der Waals surface area (Å²) >= 11 is 6.11.